The highest BCUT2D eigenvalue weighted by Gasteiger charge is 2.38. The maximum Gasteiger partial charge on any atom is 0.223 e. The number of carbonyl (C=O) groups excluding carboxylic acids is 4. The minimum absolute atomic E-state index is 0.0420. The van der Waals surface area contributed by atoms with E-state index in [9.17, 15) is 24.3 Å². The van der Waals surface area contributed by atoms with E-state index >= 15 is 0 Å². The quantitative estimate of drug-likeness (QED) is 0.306. The molecular formula is C32H41NO7. The third-order valence-corrected chi connectivity index (χ3v) is 7.02. The van der Waals surface area contributed by atoms with Crippen LogP contribution in [0, 0.1) is 18.8 Å². The van der Waals surface area contributed by atoms with Gasteiger partial charge in [-0.3, -0.25) is 19.2 Å². The van der Waals surface area contributed by atoms with Crippen LogP contribution in [0.1, 0.15) is 56.7 Å². The SMILES string of the molecule is COc1ccc(CC(NC(=O)C(C)CC(=O)CC(C)(C)O)C(=O)CC(Cc2ccc(C)cc2)C(=O)C2CO2)cc1. The summed E-state index contributed by atoms with van der Waals surface area (Å²) in [5, 5.41) is 12.8. The Bertz CT molecular complexity index is 1180. The highest BCUT2D eigenvalue weighted by Crippen LogP contribution is 2.24. The van der Waals surface area contributed by atoms with Crippen LogP contribution in [0.25, 0.3) is 0 Å². The minimum Gasteiger partial charge on any atom is -0.497 e. The molecule has 1 aliphatic rings. The molecule has 1 aliphatic heterocycles. The van der Waals surface area contributed by atoms with Crippen LogP contribution in [-0.4, -0.2) is 59.8 Å². The molecule has 2 aromatic carbocycles. The maximum absolute atomic E-state index is 13.7. The summed E-state index contributed by atoms with van der Waals surface area (Å²) < 4.78 is 10.5. The Hall–Kier alpha value is -3.36. The number of aryl methyl sites for hydroxylation is 1. The third kappa shape index (κ3) is 9.99. The van der Waals surface area contributed by atoms with Gasteiger partial charge in [-0.05, 0) is 56.9 Å². The third-order valence-electron chi connectivity index (χ3n) is 7.02. The lowest BCUT2D eigenvalue weighted by molar-refractivity contribution is -0.134. The van der Waals surface area contributed by atoms with Gasteiger partial charge < -0.3 is 19.9 Å². The zero-order valence-electron chi connectivity index (χ0n) is 24.1. The van der Waals surface area contributed by atoms with Gasteiger partial charge in [-0.25, -0.2) is 0 Å². The average Bonchev–Trinajstić information content (AvgIpc) is 3.73. The van der Waals surface area contributed by atoms with Crippen LogP contribution < -0.4 is 10.1 Å². The second-order valence-corrected chi connectivity index (χ2v) is 11.5. The molecule has 0 saturated carbocycles. The Labute approximate surface area is 236 Å². The molecule has 0 radical (unpaired) electrons. The molecule has 40 heavy (non-hydrogen) atoms. The van der Waals surface area contributed by atoms with Gasteiger partial charge in [-0.1, -0.05) is 48.9 Å². The number of methoxy groups -OCH3 is 1. The second kappa shape index (κ2) is 13.8. The van der Waals surface area contributed by atoms with Crippen LogP contribution in [-0.2, 0) is 36.8 Å². The van der Waals surface area contributed by atoms with E-state index in [1.165, 1.54) is 0 Å². The summed E-state index contributed by atoms with van der Waals surface area (Å²) in [6, 6.07) is 14.2. The summed E-state index contributed by atoms with van der Waals surface area (Å²) >= 11 is 0. The van der Waals surface area contributed by atoms with Gasteiger partial charge in [0.25, 0.3) is 0 Å². The molecule has 216 valence electrons. The fourth-order valence-electron chi connectivity index (χ4n) is 4.69. The Kier molecular flexibility index (Phi) is 10.8. The van der Waals surface area contributed by atoms with Crippen molar-refractivity contribution in [1.82, 2.24) is 5.32 Å². The Morgan fingerprint density at radius 1 is 1.00 bits per heavy atom. The van der Waals surface area contributed by atoms with Gasteiger partial charge in [0.05, 0.1) is 25.4 Å². The van der Waals surface area contributed by atoms with Gasteiger partial charge in [0.2, 0.25) is 5.91 Å². The lowest BCUT2D eigenvalue weighted by Gasteiger charge is -2.23. The molecule has 2 aromatic rings. The first-order valence-corrected chi connectivity index (χ1v) is 13.8. The van der Waals surface area contributed by atoms with E-state index in [-0.39, 0.29) is 43.0 Å². The molecule has 0 aromatic heterocycles. The molecule has 1 saturated heterocycles. The van der Waals surface area contributed by atoms with E-state index < -0.39 is 35.5 Å². The number of ketones is 3. The molecule has 1 amide bonds. The van der Waals surface area contributed by atoms with Crippen molar-refractivity contribution >= 4 is 23.3 Å². The number of carbonyl (C=O) groups is 4. The Morgan fingerprint density at radius 3 is 2.12 bits per heavy atom. The largest absolute Gasteiger partial charge is 0.497 e. The number of ether oxygens (including phenoxy) is 2. The molecule has 0 aliphatic carbocycles. The summed E-state index contributed by atoms with van der Waals surface area (Å²) in [5.41, 5.74) is 1.71. The van der Waals surface area contributed by atoms with E-state index in [0.29, 0.717) is 18.8 Å². The van der Waals surface area contributed by atoms with Crippen LogP contribution in [0.4, 0.5) is 0 Å². The lowest BCUT2D eigenvalue weighted by atomic mass is 9.86. The molecule has 0 bridgehead atoms. The Balaban J connectivity index is 1.77. The van der Waals surface area contributed by atoms with E-state index in [1.54, 1.807) is 40.0 Å². The first-order valence-electron chi connectivity index (χ1n) is 13.8. The van der Waals surface area contributed by atoms with Crippen molar-refractivity contribution in [3.8, 4) is 5.75 Å². The lowest BCUT2D eigenvalue weighted by Crippen LogP contribution is -2.46. The van der Waals surface area contributed by atoms with Crippen molar-refractivity contribution in [2.24, 2.45) is 11.8 Å². The molecule has 1 fully saturated rings. The second-order valence-electron chi connectivity index (χ2n) is 11.5. The highest BCUT2D eigenvalue weighted by molar-refractivity contribution is 5.96. The number of epoxide rings is 1. The fourth-order valence-corrected chi connectivity index (χ4v) is 4.69. The van der Waals surface area contributed by atoms with Crippen LogP contribution in [0.15, 0.2) is 48.5 Å². The molecule has 4 unspecified atom stereocenters. The van der Waals surface area contributed by atoms with Crippen LogP contribution in [0.2, 0.25) is 0 Å². The summed E-state index contributed by atoms with van der Waals surface area (Å²) in [7, 11) is 1.57. The minimum atomic E-state index is -1.16. The molecule has 3 rings (SSSR count). The van der Waals surface area contributed by atoms with Gasteiger partial charge in [0.1, 0.15) is 17.6 Å². The number of amides is 1. The molecule has 4 atom stereocenters. The van der Waals surface area contributed by atoms with Gasteiger partial charge in [-0.2, -0.15) is 0 Å². The van der Waals surface area contributed by atoms with Crippen molar-refractivity contribution in [1.29, 1.82) is 0 Å². The van der Waals surface area contributed by atoms with E-state index in [2.05, 4.69) is 5.32 Å². The monoisotopic (exact) mass is 551 g/mol. The number of hydrogen-bond donors (Lipinski definition) is 2. The molecule has 8 nitrogen and oxygen atoms in total. The molecule has 1 heterocycles. The van der Waals surface area contributed by atoms with Crippen molar-refractivity contribution in [2.75, 3.05) is 13.7 Å². The van der Waals surface area contributed by atoms with E-state index in [0.717, 1.165) is 16.7 Å². The first-order chi connectivity index (χ1) is 18.8. The fraction of sp³-hybridized carbons (Fsp3) is 0.500. The van der Waals surface area contributed by atoms with Crippen LogP contribution in [0.5, 0.6) is 5.75 Å². The van der Waals surface area contributed by atoms with Gasteiger partial charge >= 0.3 is 0 Å². The van der Waals surface area contributed by atoms with E-state index in [4.69, 9.17) is 9.47 Å². The topological polar surface area (TPSA) is 122 Å². The standard InChI is InChI=1S/C32H41NO7/c1-20-6-8-22(9-7-20)15-24(30(36)29-19-40-29)17-28(35)27(16-23-10-12-26(39-5)13-11-23)33-31(37)21(2)14-25(34)18-32(3,4)38/h6-13,21,24,27,29,38H,14-19H2,1-5H3,(H,33,37). The summed E-state index contributed by atoms with van der Waals surface area (Å²) in [6.07, 6.45) is -0.0167. The predicted molar refractivity (Wildman–Crippen MR) is 151 cm³/mol. The number of aliphatic hydroxyl groups is 1. The number of rotatable bonds is 16. The maximum atomic E-state index is 13.7. The highest BCUT2D eigenvalue weighted by atomic mass is 16.6. The van der Waals surface area contributed by atoms with Crippen molar-refractivity contribution in [3.63, 3.8) is 0 Å². The molecule has 0 spiro atoms. The predicted octanol–water partition coefficient (Wildman–Crippen LogP) is 3.57. The van der Waals surface area contributed by atoms with Crippen LogP contribution >= 0.6 is 0 Å². The molecular weight excluding hydrogens is 510 g/mol. The zero-order valence-corrected chi connectivity index (χ0v) is 24.1. The normalized spacial score (nSPS) is 16.9. The molecule has 8 heteroatoms. The smallest absolute Gasteiger partial charge is 0.223 e. The van der Waals surface area contributed by atoms with E-state index in [1.807, 2.05) is 43.3 Å². The number of benzene rings is 2. The number of Topliss-reactive ketones (excluding diaryl/α,β-unsaturated/α-hetero) is 3. The molecule has 2 N–H and O–H groups in total. The summed E-state index contributed by atoms with van der Waals surface area (Å²) in [6.45, 7) is 7.06. The number of hydrogen-bond acceptors (Lipinski definition) is 7. The zero-order chi connectivity index (χ0) is 29.4. The number of nitrogens with one attached hydrogen (secondary N) is 1. The Morgan fingerprint density at radius 2 is 1.57 bits per heavy atom. The summed E-state index contributed by atoms with van der Waals surface area (Å²) in [4.78, 5) is 52.3. The van der Waals surface area contributed by atoms with Crippen molar-refractivity contribution in [2.45, 2.75) is 77.5 Å². The van der Waals surface area contributed by atoms with Gasteiger partial charge in [0.15, 0.2) is 11.6 Å². The average molecular weight is 552 g/mol. The first kappa shape index (κ1) is 31.2. The van der Waals surface area contributed by atoms with Gasteiger partial charge in [-0.15, -0.1) is 0 Å². The van der Waals surface area contributed by atoms with Crippen molar-refractivity contribution in [3.05, 3.63) is 65.2 Å². The summed E-state index contributed by atoms with van der Waals surface area (Å²) in [5.74, 6) is -1.62. The van der Waals surface area contributed by atoms with Crippen LogP contribution in [0.3, 0.4) is 0 Å². The van der Waals surface area contributed by atoms with Gasteiger partial charge in [0, 0.05) is 31.1 Å². The van der Waals surface area contributed by atoms with Crippen molar-refractivity contribution < 1.29 is 33.8 Å².